The van der Waals surface area contributed by atoms with E-state index in [9.17, 15) is 0 Å². The van der Waals surface area contributed by atoms with E-state index >= 15 is 0 Å². The lowest BCUT2D eigenvalue weighted by atomic mass is 10.3. The van der Waals surface area contributed by atoms with Gasteiger partial charge >= 0.3 is 5.96 Å². The first-order valence-electron chi connectivity index (χ1n) is 5.65. The van der Waals surface area contributed by atoms with Crippen LogP contribution < -0.4 is 21.2 Å². The van der Waals surface area contributed by atoms with E-state index < -0.39 is 5.09 Å². The number of guanidine groups is 1. The molecule has 9 heteroatoms. The summed E-state index contributed by atoms with van der Waals surface area (Å²) in [5, 5.41) is 14.8. The SMILES string of the molecule is CN(C)CCOc1ccc([NH+]=C(N)N)cc1.O=[N+]([O-])[O-]. The van der Waals surface area contributed by atoms with Gasteiger partial charge in [0.2, 0.25) is 0 Å². The van der Waals surface area contributed by atoms with E-state index in [2.05, 4.69) is 9.89 Å². The van der Waals surface area contributed by atoms with Crippen molar-refractivity contribution in [2.24, 2.45) is 11.5 Å². The number of nitrogens with zero attached hydrogens (tertiary/aromatic N) is 2. The second-order valence-electron chi connectivity index (χ2n) is 3.98. The fourth-order valence-electron chi connectivity index (χ4n) is 1.15. The second-order valence-corrected chi connectivity index (χ2v) is 3.98. The third kappa shape index (κ3) is 10.6. The fourth-order valence-corrected chi connectivity index (χ4v) is 1.15. The minimum absolute atomic E-state index is 0.182. The zero-order valence-electron chi connectivity index (χ0n) is 11.4. The van der Waals surface area contributed by atoms with Crippen LogP contribution in [0.15, 0.2) is 24.3 Å². The van der Waals surface area contributed by atoms with Gasteiger partial charge in [0.05, 0.1) is 10.8 Å². The first-order chi connectivity index (χ1) is 9.31. The van der Waals surface area contributed by atoms with Gasteiger partial charge in [-0.3, -0.25) is 11.5 Å². The summed E-state index contributed by atoms with van der Waals surface area (Å²) in [6.07, 6.45) is 0. The Kier molecular flexibility index (Phi) is 8.19. The number of nitrogens with one attached hydrogen (secondary N) is 1. The minimum atomic E-state index is -1.75. The summed E-state index contributed by atoms with van der Waals surface area (Å²) in [5.74, 6) is 1.02. The van der Waals surface area contributed by atoms with Gasteiger partial charge in [0, 0.05) is 6.54 Å². The van der Waals surface area contributed by atoms with Gasteiger partial charge in [-0.25, -0.2) is 4.99 Å². The molecule has 0 fully saturated rings. The molecule has 1 aromatic rings. The summed E-state index contributed by atoms with van der Waals surface area (Å²) in [6, 6.07) is 7.48. The fraction of sp³-hybridized carbons (Fsp3) is 0.364. The van der Waals surface area contributed by atoms with E-state index in [0.717, 1.165) is 18.0 Å². The smallest absolute Gasteiger partial charge is 0.343 e. The molecule has 0 atom stereocenters. The number of rotatable bonds is 5. The van der Waals surface area contributed by atoms with Crippen LogP contribution in [0.1, 0.15) is 0 Å². The van der Waals surface area contributed by atoms with E-state index in [0.29, 0.717) is 6.61 Å². The third-order valence-electron chi connectivity index (χ3n) is 1.95. The van der Waals surface area contributed by atoms with Gasteiger partial charge in [0.1, 0.15) is 12.4 Å². The highest BCUT2D eigenvalue weighted by Crippen LogP contribution is 2.11. The van der Waals surface area contributed by atoms with Crippen molar-refractivity contribution in [3.05, 3.63) is 39.6 Å². The highest BCUT2D eigenvalue weighted by atomic mass is 16.9. The Morgan fingerprint density at radius 2 is 1.80 bits per heavy atom. The number of hydrogen-bond acceptors (Lipinski definition) is 5. The molecule has 0 spiro atoms. The van der Waals surface area contributed by atoms with Gasteiger partial charge in [-0.2, -0.15) is 0 Å². The molecule has 0 heterocycles. The molecule has 0 bridgehead atoms. The van der Waals surface area contributed by atoms with E-state index in [1.54, 1.807) is 0 Å². The molecule has 0 unspecified atom stereocenters. The maximum atomic E-state index is 8.25. The van der Waals surface area contributed by atoms with Crippen LogP contribution in [0.4, 0.5) is 5.69 Å². The van der Waals surface area contributed by atoms with Crippen molar-refractivity contribution < 1.29 is 14.8 Å². The highest BCUT2D eigenvalue weighted by molar-refractivity contribution is 5.70. The first kappa shape index (κ1) is 17.4. The molecule has 5 N–H and O–H groups in total. The van der Waals surface area contributed by atoms with Crippen molar-refractivity contribution >= 4 is 11.6 Å². The van der Waals surface area contributed by atoms with Crippen LogP contribution in [0, 0.1) is 15.3 Å². The summed E-state index contributed by atoms with van der Waals surface area (Å²) in [7, 11) is 4.02. The summed E-state index contributed by atoms with van der Waals surface area (Å²) in [4.78, 5) is 13.1. The van der Waals surface area contributed by atoms with Crippen LogP contribution >= 0.6 is 0 Å². The van der Waals surface area contributed by atoms with Crippen LogP contribution in [-0.4, -0.2) is 43.2 Å². The average molecular weight is 285 g/mol. The lowest BCUT2D eigenvalue weighted by molar-refractivity contribution is -0.402. The summed E-state index contributed by atoms with van der Waals surface area (Å²) in [6.45, 7) is 1.56. The van der Waals surface area contributed by atoms with Crippen LogP contribution in [0.2, 0.25) is 0 Å². The lowest BCUT2D eigenvalue weighted by Crippen LogP contribution is -2.72. The minimum Gasteiger partial charge on any atom is -0.492 e. The molecule has 0 aromatic heterocycles. The monoisotopic (exact) mass is 285 g/mol. The molecular formula is C11H19N5O4. The molecule has 9 nitrogen and oxygen atoms in total. The van der Waals surface area contributed by atoms with Crippen molar-refractivity contribution in [2.75, 3.05) is 27.2 Å². The molecule has 20 heavy (non-hydrogen) atoms. The van der Waals surface area contributed by atoms with Crippen LogP contribution in [0.25, 0.3) is 0 Å². The Balaban J connectivity index is 0.000000796. The molecule has 0 amide bonds. The van der Waals surface area contributed by atoms with Crippen molar-refractivity contribution in [3.63, 3.8) is 0 Å². The number of benzene rings is 1. The van der Waals surface area contributed by atoms with Gasteiger partial charge in [0.25, 0.3) is 0 Å². The van der Waals surface area contributed by atoms with Crippen molar-refractivity contribution in [1.82, 2.24) is 4.90 Å². The predicted molar refractivity (Wildman–Crippen MR) is 74.9 cm³/mol. The quantitative estimate of drug-likeness (QED) is 0.255. The highest BCUT2D eigenvalue weighted by Gasteiger charge is 1.96. The standard InChI is InChI=1S/C11H18N4O.NO3/c1-15(2)7-8-16-10-5-3-9(4-6-10)14-11(12)13;2-1(3)4/h3-6H,7-8H2,1-2H3,(H4,12,13,14);/q;-1/p+1. The van der Waals surface area contributed by atoms with E-state index in [-0.39, 0.29) is 5.96 Å². The normalized spacial score (nSPS) is 9.35. The van der Waals surface area contributed by atoms with Crippen molar-refractivity contribution in [3.8, 4) is 5.75 Å². The number of likely N-dealkylation sites (N-methyl/N-ethyl adjacent to an activating group) is 1. The number of ether oxygens (including phenoxy) is 1. The zero-order valence-corrected chi connectivity index (χ0v) is 11.4. The van der Waals surface area contributed by atoms with Gasteiger partial charge in [-0.05, 0) is 38.4 Å². The van der Waals surface area contributed by atoms with E-state index in [1.807, 2.05) is 38.4 Å². The average Bonchev–Trinajstić information content (AvgIpc) is 2.29. The Hall–Kier alpha value is -2.55. The molecule has 0 aliphatic heterocycles. The van der Waals surface area contributed by atoms with Crippen molar-refractivity contribution in [1.29, 1.82) is 0 Å². The Morgan fingerprint density at radius 1 is 1.30 bits per heavy atom. The third-order valence-corrected chi connectivity index (χ3v) is 1.95. The first-order valence-corrected chi connectivity index (χ1v) is 5.65. The second kappa shape index (κ2) is 9.39. The maximum absolute atomic E-state index is 8.25. The molecule has 0 saturated carbocycles. The molecule has 0 radical (unpaired) electrons. The van der Waals surface area contributed by atoms with E-state index in [1.165, 1.54) is 0 Å². The Bertz CT molecular complexity index is 425. The maximum Gasteiger partial charge on any atom is 0.343 e. The van der Waals surface area contributed by atoms with Gasteiger partial charge < -0.3 is 25.0 Å². The van der Waals surface area contributed by atoms with Crippen LogP contribution in [-0.2, 0) is 0 Å². The van der Waals surface area contributed by atoms with Gasteiger partial charge in [-0.15, -0.1) is 0 Å². The molecular weight excluding hydrogens is 266 g/mol. The molecule has 1 rings (SSSR count). The lowest BCUT2D eigenvalue weighted by Gasteiger charge is -2.10. The largest absolute Gasteiger partial charge is 0.492 e. The topological polar surface area (TPSA) is 145 Å². The number of hydrogen-bond donors (Lipinski definition) is 3. The number of nitrogens with two attached hydrogens (primary N) is 2. The molecule has 112 valence electrons. The molecule has 1 aromatic carbocycles. The zero-order chi connectivity index (χ0) is 15.5. The molecule has 0 aliphatic carbocycles. The Labute approximate surface area is 116 Å². The summed E-state index contributed by atoms with van der Waals surface area (Å²) in [5.41, 5.74) is 11.5. The van der Waals surface area contributed by atoms with E-state index in [4.69, 9.17) is 31.5 Å². The van der Waals surface area contributed by atoms with Gasteiger partial charge in [0.15, 0.2) is 0 Å². The van der Waals surface area contributed by atoms with Crippen LogP contribution in [0.3, 0.4) is 0 Å². The molecule has 0 aliphatic rings. The van der Waals surface area contributed by atoms with Gasteiger partial charge in [-0.1, -0.05) is 0 Å². The molecule has 0 saturated heterocycles. The predicted octanol–water partition coefficient (Wildman–Crippen LogP) is -1.63. The summed E-state index contributed by atoms with van der Waals surface area (Å²) < 4.78 is 5.54. The van der Waals surface area contributed by atoms with Crippen molar-refractivity contribution in [2.45, 2.75) is 0 Å². The van der Waals surface area contributed by atoms with Crippen LogP contribution in [0.5, 0.6) is 5.75 Å². The summed E-state index contributed by atoms with van der Waals surface area (Å²) >= 11 is 0. The Morgan fingerprint density at radius 3 is 2.20 bits per heavy atom.